The molecule has 4 heteroatoms. The Hall–Kier alpha value is -2.12. The molecule has 1 atom stereocenters. The summed E-state index contributed by atoms with van der Waals surface area (Å²) < 4.78 is 0.768. The molecule has 2 rings (SSSR count). The predicted molar refractivity (Wildman–Crippen MR) is 81.2 cm³/mol. The number of carbonyl (C=O) groups excluding carboxylic acids is 1. The molecule has 3 nitrogen and oxygen atoms in total. The molecule has 20 heavy (non-hydrogen) atoms. The van der Waals surface area contributed by atoms with E-state index in [1.54, 1.807) is 18.2 Å². The highest BCUT2D eigenvalue weighted by Gasteiger charge is 2.13. The van der Waals surface area contributed by atoms with Gasteiger partial charge in [0.15, 0.2) is 0 Å². The summed E-state index contributed by atoms with van der Waals surface area (Å²) >= 11 is 3.37. The van der Waals surface area contributed by atoms with Crippen molar-refractivity contribution in [2.45, 2.75) is 13.0 Å². The van der Waals surface area contributed by atoms with Gasteiger partial charge in [-0.3, -0.25) is 4.79 Å². The molecule has 0 aromatic heterocycles. The molecule has 0 aliphatic heterocycles. The van der Waals surface area contributed by atoms with Gasteiger partial charge in [-0.05, 0) is 52.7 Å². The summed E-state index contributed by atoms with van der Waals surface area (Å²) in [6.45, 7) is 1.91. The van der Waals surface area contributed by atoms with E-state index in [-0.39, 0.29) is 11.9 Å². The zero-order valence-corrected chi connectivity index (χ0v) is 12.5. The predicted octanol–water partition coefficient (Wildman–Crippen LogP) is 3.81. The molecule has 0 radical (unpaired) electrons. The van der Waals surface area contributed by atoms with Crippen LogP contribution in [0.25, 0.3) is 0 Å². The van der Waals surface area contributed by atoms with Gasteiger partial charge in [0.25, 0.3) is 5.91 Å². The summed E-state index contributed by atoms with van der Waals surface area (Å²) in [5.41, 5.74) is 2.18. The van der Waals surface area contributed by atoms with Gasteiger partial charge in [-0.1, -0.05) is 24.3 Å². The largest absolute Gasteiger partial charge is 0.345 e. The van der Waals surface area contributed by atoms with E-state index < -0.39 is 0 Å². The van der Waals surface area contributed by atoms with Gasteiger partial charge in [-0.15, -0.1) is 0 Å². The quantitative estimate of drug-likeness (QED) is 0.931. The highest BCUT2D eigenvalue weighted by Crippen LogP contribution is 2.18. The van der Waals surface area contributed by atoms with Crippen molar-refractivity contribution >= 4 is 21.8 Å². The van der Waals surface area contributed by atoms with E-state index in [1.807, 2.05) is 37.3 Å². The Labute approximate surface area is 126 Å². The van der Waals surface area contributed by atoms with Gasteiger partial charge in [0, 0.05) is 4.47 Å². The molecule has 1 amide bonds. The highest BCUT2D eigenvalue weighted by atomic mass is 79.9. The molecule has 0 saturated heterocycles. The number of rotatable bonds is 3. The van der Waals surface area contributed by atoms with Crippen LogP contribution in [0.5, 0.6) is 0 Å². The molecule has 2 aromatic rings. The summed E-state index contributed by atoms with van der Waals surface area (Å²) in [7, 11) is 0. The first-order valence-electron chi connectivity index (χ1n) is 6.17. The van der Waals surface area contributed by atoms with Crippen molar-refractivity contribution in [2.24, 2.45) is 0 Å². The van der Waals surface area contributed by atoms with E-state index in [0.717, 1.165) is 10.0 Å². The van der Waals surface area contributed by atoms with Crippen LogP contribution >= 0.6 is 15.9 Å². The summed E-state index contributed by atoms with van der Waals surface area (Å²) in [4.78, 5) is 12.2. The highest BCUT2D eigenvalue weighted by molar-refractivity contribution is 9.10. The molecule has 0 heterocycles. The number of halogens is 1. The van der Waals surface area contributed by atoms with Crippen molar-refractivity contribution in [3.8, 4) is 6.07 Å². The fraction of sp³-hybridized carbons (Fsp3) is 0.125. The fourth-order valence-electron chi connectivity index (χ4n) is 1.85. The minimum atomic E-state index is -0.130. The normalized spacial score (nSPS) is 11.4. The van der Waals surface area contributed by atoms with Crippen molar-refractivity contribution in [2.75, 3.05) is 0 Å². The van der Waals surface area contributed by atoms with Crippen LogP contribution in [0.2, 0.25) is 0 Å². The standard InChI is InChI=1S/C16H13BrN2O/c1-11(13-8-6-12(10-18)7-9-13)19-16(20)14-4-2-3-5-15(14)17/h2-9,11H,1H3,(H,19,20). The van der Waals surface area contributed by atoms with Gasteiger partial charge in [0.05, 0.1) is 23.2 Å². The molecular weight excluding hydrogens is 316 g/mol. The molecule has 1 unspecified atom stereocenters. The Morgan fingerprint density at radius 3 is 2.45 bits per heavy atom. The molecule has 0 saturated carbocycles. The third-order valence-electron chi connectivity index (χ3n) is 3.01. The summed E-state index contributed by atoms with van der Waals surface area (Å²) in [6, 6.07) is 16.4. The van der Waals surface area contributed by atoms with E-state index in [1.165, 1.54) is 0 Å². The molecule has 0 aliphatic carbocycles. The van der Waals surface area contributed by atoms with Gasteiger partial charge in [-0.25, -0.2) is 0 Å². The first-order chi connectivity index (χ1) is 9.61. The second-order valence-corrected chi connectivity index (χ2v) is 5.26. The second kappa shape index (κ2) is 6.36. The number of hydrogen-bond donors (Lipinski definition) is 1. The average molecular weight is 329 g/mol. The van der Waals surface area contributed by atoms with Gasteiger partial charge in [0.2, 0.25) is 0 Å². The Morgan fingerprint density at radius 1 is 1.20 bits per heavy atom. The molecule has 0 spiro atoms. The van der Waals surface area contributed by atoms with E-state index in [9.17, 15) is 4.79 Å². The monoisotopic (exact) mass is 328 g/mol. The Bertz CT molecular complexity index is 659. The third-order valence-corrected chi connectivity index (χ3v) is 3.70. The Kier molecular flexibility index (Phi) is 4.54. The summed E-state index contributed by atoms with van der Waals surface area (Å²) in [5.74, 6) is -0.130. The molecular formula is C16H13BrN2O. The number of nitrogens with one attached hydrogen (secondary N) is 1. The topological polar surface area (TPSA) is 52.9 Å². The van der Waals surface area contributed by atoms with Crippen molar-refractivity contribution < 1.29 is 4.79 Å². The van der Waals surface area contributed by atoms with Crippen molar-refractivity contribution in [3.63, 3.8) is 0 Å². The van der Waals surface area contributed by atoms with Crippen LogP contribution in [0.15, 0.2) is 53.0 Å². The molecule has 0 fully saturated rings. The van der Waals surface area contributed by atoms with Crippen LogP contribution in [0.1, 0.15) is 34.5 Å². The van der Waals surface area contributed by atoms with E-state index >= 15 is 0 Å². The number of hydrogen-bond acceptors (Lipinski definition) is 2. The molecule has 100 valence electrons. The summed E-state index contributed by atoms with van der Waals surface area (Å²) in [6.07, 6.45) is 0. The number of carbonyl (C=O) groups is 1. The SMILES string of the molecule is CC(NC(=O)c1ccccc1Br)c1ccc(C#N)cc1. The molecule has 0 aliphatic rings. The van der Waals surface area contributed by atoms with Crippen molar-refractivity contribution in [1.82, 2.24) is 5.32 Å². The lowest BCUT2D eigenvalue weighted by atomic mass is 10.1. The van der Waals surface area contributed by atoms with Gasteiger partial charge in [-0.2, -0.15) is 5.26 Å². The van der Waals surface area contributed by atoms with E-state index in [0.29, 0.717) is 11.1 Å². The Morgan fingerprint density at radius 2 is 1.85 bits per heavy atom. The van der Waals surface area contributed by atoms with Gasteiger partial charge >= 0.3 is 0 Å². The number of nitrogens with zero attached hydrogens (tertiary/aromatic N) is 1. The lowest BCUT2D eigenvalue weighted by Gasteiger charge is -2.15. The lowest BCUT2D eigenvalue weighted by Crippen LogP contribution is -2.26. The van der Waals surface area contributed by atoms with Crippen LogP contribution in [0, 0.1) is 11.3 Å². The summed E-state index contributed by atoms with van der Waals surface area (Å²) in [5, 5.41) is 11.7. The van der Waals surface area contributed by atoms with E-state index in [4.69, 9.17) is 5.26 Å². The van der Waals surface area contributed by atoms with Crippen LogP contribution in [0.3, 0.4) is 0 Å². The van der Waals surface area contributed by atoms with Crippen molar-refractivity contribution in [3.05, 3.63) is 69.7 Å². The Balaban J connectivity index is 2.11. The zero-order chi connectivity index (χ0) is 14.5. The molecule has 0 bridgehead atoms. The maximum atomic E-state index is 12.2. The van der Waals surface area contributed by atoms with E-state index in [2.05, 4.69) is 27.3 Å². The number of amides is 1. The van der Waals surface area contributed by atoms with Crippen LogP contribution < -0.4 is 5.32 Å². The number of nitriles is 1. The average Bonchev–Trinajstić information content (AvgIpc) is 2.47. The van der Waals surface area contributed by atoms with Crippen molar-refractivity contribution in [1.29, 1.82) is 5.26 Å². The second-order valence-electron chi connectivity index (χ2n) is 4.41. The van der Waals surface area contributed by atoms with Gasteiger partial charge < -0.3 is 5.32 Å². The van der Waals surface area contributed by atoms with Gasteiger partial charge in [0.1, 0.15) is 0 Å². The van der Waals surface area contributed by atoms with Crippen LogP contribution in [0.4, 0.5) is 0 Å². The van der Waals surface area contributed by atoms with Crippen LogP contribution in [-0.2, 0) is 0 Å². The van der Waals surface area contributed by atoms with Crippen LogP contribution in [-0.4, -0.2) is 5.91 Å². The first-order valence-corrected chi connectivity index (χ1v) is 6.96. The molecule has 1 N–H and O–H groups in total. The molecule has 2 aromatic carbocycles. The third kappa shape index (κ3) is 3.25. The lowest BCUT2D eigenvalue weighted by molar-refractivity contribution is 0.0939. The smallest absolute Gasteiger partial charge is 0.252 e. The number of benzene rings is 2. The zero-order valence-electron chi connectivity index (χ0n) is 10.9. The minimum Gasteiger partial charge on any atom is -0.345 e. The minimum absolute atomic E-state index is 0.123. The fourth-order valence-corrected chi connectivity index (χ4v) is 2.31. The maximum Gasteiger partial charge on any atom is 0.252 e. The maximum absolute atomic E-state index is 12.2. The first kappa shape index (κ1) is 14.3.